The fourth-order valence-corrected chi connectivity index (χ4v) is 2.82. The maximum atomic E-state index is 10.7. The lowest BCUT2D eigenvalue weighted by Crippen LogP contribution is -2.19. The summed E-state index contributed by atoms with van der Waals surface area (Å²) in [6, 6.07) is 8.18. The molecular formula is C18H21ClN2O2. The van der Waals surface area contributed by atoms with Crippen LogP contribution >= 0.6 is 11.6 Å². The molecule has 1 heterocycles. The minimum atomic E-state index is -0.822. The van der Waals surface area contributed by atoms with Crippen LogP contribution in [0.15, 0.2) is 36.8 Å². The molecule has 0 bridgehead atoms. The van der Waals surface area contributed by atoms with E-state index >= 15 is 0 Å². The molecule has 5 heteroatoms. The van der Waals surface area contributed by atoms with Crippen LogP contribution in [0.2, 0.25) is 0 Å². The number of ether oxygens (including phenoxy) is 1. The molecule has 2 rings (SSSR count). The number of aromatic nitrogens is 2. The summed E-state index contributed by atoms with van der Waals surface area (Å²) in [6.07, 6.45) is 3.20. The van der Waals surface area contributed by atoms with Gasteiger partial charge in [-0.1, -0.05) is 56.6 Å². The van der Waals surface area contributed by atoms with Crippen LogP contribution in [-0.2, 0) is 14.9 Å². The van der Waals surface area contributed by atoms with Crippen molar-refractivity contribution in [2.45, 2.75) is 44.6 Å². The van der Waals surface area contributed by atoms with Crippen molar-refractivity contribution in [2.24, 2.45) is 0 Å². The first-order chi connectivity index (χ1) is 10.8. The highest BCUT2D eigenvalue weighted by molar-refractivity contribution is 6.20. The van der Waals surface area contributed by atoms with Crippen LogP contribution < -0.4 is 0 Å². The zero-order valence-corrected chi connectivity index (χ0v) is 14.5. The van der Waals surface area contributed by atoms with E-state index < -0.39 is 5.56 Å². The summed E-state index contributed by atoms with van der Waals surface area (Å²) >= 11 is 6.31. The number of alkyl halides is 1. The third-order valence-corrected chi connectivity index (χ3v) is 4.22. The van der Waals surface area contributed by atoms with E-state index in [1.54, 1.807) is 6.20 Å². The average Bonchev–Trinajstić information content (AvgIpc) is 2.49. The molecule has 0 radical (unpaired) electrons. The quantitative estimate of drug-likeness (QED) is 0.614. The van der Waals surface area contributed by atoms with Crippen molar-refractivity contribution >= 4 is 18.1 Å². The number of carbonyl (C=O) groups is 1. The van der Waals surface area contributed by atoms with Crippen LogP contribution in [0, 0.1) is 6.92 Å². The highest BCUT2D eigenvalue weighted by Crippen LogP contribution is 2.34. The van der Waals surface area contributed by atoms with Crippen molar-refractivity contribution < 1.29 is 9.53 Å². The van der Waals surface area contributed by atoms with Gasteiger partial charge in [0.2, 0.25) is 0 Å². The van der Waals surface area contributed by atoms with Crippen molar-refractivity contribution in [2.75, 3.05) is 0 Å². The molecule has 0 N–H and O–H groups in total. The minimum Gasteiger partial charge on any atom is -0.447 e. The summed E-state index contributed by atoms with van der Waals surface area (Å²) < 4.78 is 4.99. The maximum Gasteiger partial charge on any atom is 0.294 e. The van der Waals surface area contributed by atoms with Crippen LogP contribution in [0.4, 0.5) is 0 Å². The van der Waals surface area contributed by atoms with Crippen LogP contribution in [0.5, 0.6) is 0 Å². The van der Waals surface area contributed by atoms with Gasteiger partial charge in [-0.15, -0.1) is 0 Å². The fraction of sp³-hybridized carbons (Fsp3) is 0.389. The van der Waals surface area contributed by atoms with Crippen molar-refractivity contribution in [3.8, 4) is 0 Å². The molecule has 2 atom stereocenters. The Morgan fingerprint density at radius 1 is 1.22 bits per heavy atom. The van der Waals surface area contributed by atoms with Crippen molar-refractivity contribution in [1.82, 2.24) is 9.97 Å². The van der Waals surface area contributed by atoms with E-state index in [0.29, 0.717) is 6.47 Å². The number of hydrogen-bond acceptors (Lipinski definition) is 4. The number of aryl methyl sites for hydroxylation is 1. The molecular weight excluding hydrogens is 312 g/mol. The van der Waals surface area contributed by atoms with Crippen LogP contribution in [0.1, 0.15) is 49.1 Å². The molecule has 1 aromatic carbocycles. The lowest BCUT2D eigenvalue weighted by Gasteiger charge is -2.24. The first-order valence-electron chi connectivity index (χ1n) is 7.44. The van der Waals surface area contributed by atoms with Gasteiger partial charge in [0.25, 0.3) is 6.47 Å². The zero-order valence-electron chi connectivity index (χ0n) is 13.8. The van der Waals surface area contributed by atoms with Gasteiger partial charge >= 0.3 is 0 Å². The predicted molar refractivity (Wildman–Crippen MR) is 90.5 cm³/mol. The van der Waals surface area contributed by atoms with E-state index in [4.69, 9.17) is 16.3 Å². The molecule has 0 aliphatic heterocycles. The normalized spacial score (nSPS) is 14.1. The number of nitrogens with zero attached hydrogens (tertiary/aromatic N) is 2. The summed E-state index contributed by atoms with van der Waals surface area (Å²) in [5.41, 5.74) is 3.08. The molecule has 0 fully saturated rings. The van der Waals surface area contributed by atoms with Crippen LogP contribution in [0.3, 0.4) is 0 Å². The molecule has 23 heavy (non-hydrogen) atoms. The summed E-state index contributed by atoms with van der Waals surface area (Å²) in [5.74, 6) is -0.322. The Labute approximate surface area is 141 Å². The monoisotopic (exact) mass is 332 g/mol. The van der Waals surface area contributed by atoms with Gasteiger partial charge in [0.1, 0.15) is 6.33 Å². The van der Waals surface area contributed by atoms with Crippen molar-refractivity contribution in [1.29, 1.82) is 0 Å². The lowest BCUT2D eigenvalue weighted by atomic mass is 9.84. The molecule has 0 aliphatic rings. The van der Waals surface area contributed by atoms with Gasteiger partial charge in [-0.05, 0) is 23.5 Å². The first kappa shape index (κ1) is 17.4. The second-order valence-corrected chi connectivity index (χ2v) is 6.93. The van der Waals surface area contributed by atoms with Gasteiger partial charge in [-0.2, -0.15) is 0 Å². The van der Waals surface area contributed by atoms with Gasteiger partial charge < -0.3 is 4.74 Å². The van der Waals surface area contributed by atoms with E-state index in [1.165, 1.54) is 11.9 Å². The molecule has 2 aromatic rings. The average molecular weight is 333 g/mol. The molecule has 0 saturated heterocycles. The molecule has 0 saturated carbocycles. The van der Waals surface area contributed by atoms with Crippen molar-refractivity contribution in [3.63, 3.8) is 0 Å². The molecule has 4 nitrogen and oxygen atoms in total. The highest BCUT2D eigenvalue weighted by Gasteiger charge is 2.27. The second kappa shape index (κ2) is 7.09. The number of rotatable bonds is 5. The van der Waals surface area contributed by atoms with E-state index in [0.717, 1.165) is 16.8 Å². The Bertz CT molecular complexity index is 665. The molecule has 2 unspecified atom stereocenters. The topological polar surface area (TPSA) is 52.1 Å². The largest absolute Gasteiger partial charge is 0.447 e. The minimum absolute atomic E-state index is 0.0689. The Hall–Kier alpha value is -1.94. The summed E-state index contributed by atoms with van der Waals surface area (Å²) in [7, 11) is 0. The third-order valence-electron chi connectivity index (χ3n) is 3.87. The van der Waals surface area contributed by atoms with Crippen molar-refractivity contribution in [3.05, 3.63) is 59.2 Å². The van der Waals surface area contributed by atoms with Gasteiger partial charge in [0.15, 0.2) is 5.56 Å². The van der Waals surface area contributed by atoms with Gasteiger partial charge in [-0.3, -0.25) is 4.79 Å². The van der Waals surface area contributed by atoms with Gasteiger partial charge in [0, 0.05) is 17.5 Å². The molecule has 0 aliphatic carbocycles. The summed E-state index contributed by atoms with van der Waals surface area (Å²) in [6.45, 7) is 8.74. The van der Waals surface area contributed by atoms with E-state index in [2.05, 4.69) is 42.9 Å². The van der Waals surface area contributed by atoms with E-state index in [9.17, 15) is 4.79 Å². The number of halogens is 1. The van der Waals surface area contributed by atoms with Gasteiger partial charge in [0.05, 0.1) is 5.92 Å². The smallest absolute Gasteiger partial charge is 0.294 e. The maximum absolute atomic E-state index is 10.7. The fourth-order valence-electron chi connectivity index (χ4n) is 2.50. The Balaban J connectivity index is 2.46. The highest BCUT2D eigenvalue weighted by atomic mass is 35.5. The van der Waals surface area contributed by atoms with Crippen LogP contribution in [0.25, 0.3) is 0 Å². The zero-order chi connectivity index (χ0) is 17.0. The van der Waals surface area contributed by atoms with Crippen LogP contribution in [-0.4, -0.2) is 22.0 Å². The molecule has 1 aromatic heterocycles. The number of benzene rings is 1. The first-order valence-corrected chi connectivity index (χ1v) is 7.88. The number of carbonyl (C=O) groups excluding carboxylic acids is 1. The summed E-state index contributed by atoms with van der Waals surface area (Å²) in [4.78, 5) is 19.0. The third kappa shape index (κ3) is 4.08. The molecule has 0 amide bonds. The Kier molecular flexibility index (Phi) is 5.37. The predicted octanol–water partition coefficient (Wildman–Crippen LogP) is 3.95. The number of hydrogen-bond donors (Lipinski definition) is 0. The lowest BCUT2D eigenvalue weighted by molar-refractivity contribution is -0.130. The standard InChI is InChI=1S/C18H21ClN2O2/c1-12-15(9-20-10-21-12)16(17(19)23-11-22)13-5-7-14(8-6-13)18(2,3)4/h5-11,16-17H,1-4H3. The summed E-state index contributed by atoms with van der Waals surface area (Å²) in [5, 5.41) is 0. The molecule has 122 valence electrons. The van der Waals surface area contributed by atoms with E-state index in [-0.39, 0.29) is 11.3 Å². The SMILES string of the molecule is Cc1ncncc1C(c1ccc(C(C)(C)C)cc1)C(Cl)OC=O. The second-order valence-electron chi connectivity index (χ2n) is 6.50. The van der Waals surface area contributed by atoms with Gasteiger partial charge in [-0.25, -0.2) is 9.97 Å². The van der Waals surface area contributed by atoms with E-state index in [1.807, 2.05) is 19.1 Å². The Morgan fingerprint density at radius 3 is 2.39 bits per heavy atom. The Morgan fingerprint density at radius 2 is 1.87 bits per heavy atom. The molecule has 0 spiro atoms.